The summed E-state index contributed by atoms with van der Waals surface area (Å²) in [6, 6.07) is 31.5. The van der Waals surface area contributed by atoms with E-state index in [2.05, 4.69) is 104 Å². The van der Waals surface area contributed by atoms with Crippen molar-refractivity contribution >= 4 is 24.6 Å². The molecular weight excluding hydrogens is 436 g/mol. The van der Waals surface area contributed by atoms with Crippen LogP contribution in [0.15, 0.2) is 91.0 Å². The number of benzene rings is 3. The van der Waals surface area contributed by atoms with Crippen LogP contribution in [0.2, 0.25) is 5.04 Å². The van der Waals surface area contributed by atoms with Crippen molar-refractivity contribution in [1.29, 1.82) is 0 Å². The van der Waals surface area contributed by atoms with E-state index in [0.29, 0.717) is 6.61 Å². The van der Waals surface area contributed by atoms with Crippen molar-refractivity contribution in [3.8, 4) is 0 Å². The Morgan fingerprint density at radius 1 is 0.853 bits per heavy atom. The van der Waals surface area contributed by atoms with Gasteiger partial charge in [-0.25, -0.2) is 0 Å². The first-order chi connectivity index (χ1) is 16.3. The van der Waals surface area contributed by atoms with Crippen molar-refractivity contribution in [2.45, 2.75) is 51.4 Å². The van der Waals surface area contributed by atoms with E-state index in [1.165, 1.54) is 15.9 Å². The zero-order valence-electron chi connectivity index (χ0n) is 20.6. The molecule has 0 bridgehead atoms. The Morgan fingerprint density at radius 2 is 1.35 bits per heavy atom. The lowest BCUT2D eigenvalue weighted by molar-refractivity contribution is -0.122. The summed E-state index contributed by atoms with van der Waals surface area (Å²) in [5.74, 6) is -0.0296. The third kappa shape index (κ3) is 4.87. The molecule has 0 unspecified atom stereocenters. The minimum absolute atomic E-state index is 0.00548. The highest BCUT2D eigenvalue weighted by Gasteiger charge is 2.51. The van der Waals surface area contributed by atoms with Gasteiger partial charge in [0, 0.05) is 12.6 Å². The highest BCUT2D eigenvalue weighted by atomic mass is 28.4. The average molecular weight is 473 g/mol. The lowest BCUT2D eigenvalue weighted by Crippen LogP contribution is -2.67. The number of amides is 1. The molecule has 4 rings (SSSR count). The van der Waals surface area contributed by atoms with Crippen molar-refractivity contribution < 1.29 is 9.22 Å². The molecule has 3 aromatic carbocycles. The summed E-state index contributed by atoms with van der Waals surface area (Å²) < 4.78 is 7.11. The molecule has 1 amide bonds. The third-order valence-corrected chi connectivity index (χ3v) is 12.0. The number of rotatable bonds is 8. The second-order valence-corrected chi connectivity index (χ2v) is 14.6. The Hall–Kier alpha value is -2.73. The van der Waals surface area contributed by atoms with Gasteiger partial charge in [0.1, 0.15) is 0 Å². The van der Waals surface area contributed by atoms with Crippen LogP contribution in [-0.2, 0) is 15.8 Å². The summed E-state index contributed by atoms with van der Waals surface area (Å²) >= 11 is 0. The van der Waals surface area contributed by atoms with Gasteiger partial charge in [0.05, 0.1) is 18.6 Å². The normalized spacial score (nSPS) is 20.8. The largest absolute Gasteiger partial charge is 0.405 e. The van der Waals surface area contributed by atoms with Gasteiger partial charge < -0.3 is 15.1 Å². The first kappa shape index (κ1) is 24.4. The highest BCUT2D eigenvalue weighted by Crippen LogP contribution is 2.37. The molecule has 1 aliphatic rings. The van der Waals surface area contributed by atoms with Crippen LogP contribution in [0.5, 0.6) is 0 Å². The summed E-state index contributed by atoms with van der Waals surface area (Å²) in [7, 11) is -2.66. The lowest BCUT2D eigenvalue weighted by Gasteiger charge is -2.43. The van der Waals surface area contributed by atoms with E-state index in [1.54, 1.807) is 0 Å². The Morgan fingerprint density at radius 3 is 1.85 bits per heavy atom. The summed E-state index contributed by atoms with van der Waals surface area (Å²) in [6.07, 6.45) is 0. The van der Waals surface area contributed by atoms with Gasteiger partial charge in [-0.1, -0.05) is 119 Å². The van der Waals surface area contributed by atoms with Crippen molar-refractivity contribution in [3.63, 3.8) is 0 Å². The summed E-state index contributed by atoms with van der Waals surface area (Å²) in [6.45, 7) is 10.0. The molecule has 0 aliphatic carbocycles. The van der Waals surface area contributed by atoms with E-state index in [4.69, 9.17) is 4.43 Å². The molecule has 1 saturated heterocycles. The number of hydrogen-bond donors (Lipinski definition) is 2. The fourth-order valence-electron chi connectivity index (χ4n) is 5.19. The van der Waals surface area contributed by atoms with Crippen LogP contribution in [0.1, 0.15) is 33.3 Å². The Labute approximate surface area is 204 Å². The Bertz CT molecular complexity index is 1030. The number of nitrogens with one attached hydrogen (secondary N) is 2. The molecule has 1 fully saturated rings. The van der Waals surface area contributed by atoms with Gasteiger partial charge >= 0.3 is 0 Å². The molecule has 5 heteroatoms. The van der Waals surface area contributed by atoms with Crippen LogP contribution in [0, 0.1) is 5.92 Å². The zero-order valence-corrected chi connectivity index (χ0v) is 21.6. The van der Waals surface area contributed by atoms with Gasteiger partial charge in [-0.15, -0.1) is 0 Å². The van der Waals surface area contributed by atoms with Crippen LogP contribution in [-0.4, -0.2) is 32.9 Å². The molecule has 0 spiro atoms. The van der Waals surface area contributed by atoms with Gasteiger partial charge in [0.2, 0.25) is 5.91 Å². The predicted molar refractivity (Wildman–Crippen MR) is 142 cm³/mol. The molecular formula is C29H36N2O2Si. The fourth-order valence-corrected chi connectivity index (χ4v) is 9.77. The maximum Gasteiger partial charge on any atom is 0.261 e. The van der Waals surface area contributed by atoms with E-state index in [0.717, 1.165) is 6.54 Å². The second-order valence-electron chi connectivity index (χ2n) is 10.3. The molecule has 1 heterocycles. The van der Waals surface area contributed by atoms with Gasteiger partial charge in [-0.05, 0) is 21.0 Å². The molecule has 3 aromatic rings. The van der Waals surface area contributed by atoms with Crippen molar-refractivity contribution in [3.05, 3.63) is 96.6 Å². The summed E-state index contributed by atoms with van der Waals surface area (Å²) in [5.41, 5.74) is 1.21. The topological polar surface area (TPSA) is 50.4 Å². The smallest absolute Gasteiger partial charge is 0.261 e. The Balaban J connectivity index is 1.63. The van der Waals surface area contributed by atoms with Gasteiger partial charge in [-0.3, -0.25) is 4.79 Å². The minimum Gasteiger partial charge on any atom is -0.405 e. The summed E-state index contributed by atoms with van der Waals surface area (Å²) in [4.78, 5) is 12.7. The minimum atomic E-state index is -2.66. The maximum atomic E-state index is 12.7. The van der Waals surface area contributed by atoms with E-state index in [1.807, 2.05) is 25.1 Å². The number of carbonyl (C=O) groups excluding carboxylic acids is 1. The zero-order chi connectivity index (χ0) is 24.2. The quantitative estimate of drug-likeness (QED) is 0.490. The van der Waals surface area contributed by atoms with E-state index in [9.17, 15) is 4.79 Å². The lowest BCUT2D eigenvalue weighted by atomic mass is 10.00. The number of carbonyl (C=O) groups is 1. The van der Waals surface area contributed by atoms with E-state index in [-0.39, 0.29) is 28.9 Å². The molecule has 34 heavy (non-hydrogen) atoms. The standard InChI is InChI=1S/C29H36N2O2Si/c1-22-27(30-20-23-14-8-5-9-15-23)26(31-28(22)32)21-33-34(29(2,3)4,24-16-10-6-11-17-24)25-18-12-7-13-19-25/h5-19,22,26-27,30H,20-21H2,1-4H3,(H,31,32)/t22-,26-,27-/m0/s1. The van der Waals surface area contributed by atoms with Crippen molar-refractivity contribution in [1.82, 2.24) is 10.6 Å². The second kappa shape index (κ2) is 10.3. The maximum absolute atomic E-state index is 12.7. The van der Waals surface area contributed by atoms with Crippen molar-refractivity contribution in [2.24, 2.45) is 5.92 Å². The van der Waals surface area contributed by atoms with Crippen LogP contribution in [0.4, 0.5) is 0 Å². The van der Waals surface area contributed by atoms with Crippen LogP contribution in [0.25, 0.3) is 0 Å². The third-order valence-electron chi connectivity index (χ3n) is 6.99. The summed E-state index contributed by atoms with van der Waals surface area (Å²) in [5, 5.41) is 9.25. The van der Waals surface area contributed by atoms with E-state index < -0.39 is 8.32 Å². The molecule has 0 aromatic heterocycles. The first-order valence-electron chi connectivity index (χ1n) is 12.2. The molecule has 3 atom stereocenters. The van der Waals surface area contributed by atoms with Crippen LogP contribution >= 0.6 is 0 Å². The molecule has 0 radical (unpaired) electrons. The molecule has 178 valence electrons. The van der Waals surface area contributed by atoms with Gasteiger partial charge in [-0.2, -0.15) is 0 Å². The highest BCUT2D eigenvalue weighted by molar-refractivity contribution is 6.99. The molecule has 2 N–H and O–H groups in total. The van der Waals surface area contributed by atoms with Gasteiger partial charge in [0.15, 0.2) is 0 Å². The first-order valence-corrected chi connectivity index (χ1v) is 14.1. The molecule has 4 nitrogen and oxygen atoms in total. The monoisotopic (exact) mass is 472 g/mol. The molecule has 1 aliphatic heterocycles. The predicted octanol–water partition coefficient (Wildman–Crippen LogP) is 3.86. The van der Waals surface area contributed by atoms with E-state index >= 15 is 0 Å². The SMILES string of the molecule is C[C@@H]1C(=O)N[C@@H](CO[Si](c2ccccc2)(c2ccccc2)C(C)(C)C)[C@H]1NCc1ccccc1. The average Bonchev–Trinajstić information content (AvgIpc) is 3.12. The Kier molecular flexibility index (Phi) is 7.36. The molecule has 0 saturated carbocycles. The van der Waals surface area contributed by atoms with Crippen LogP contribution in [0.3, 0.4) is 0 Å². The fraction of sp³-hybridized carbons (Fsp3) is 0.345. The van der Waals surface area contributed by atoms with Crippen molar-refractivity contribution in [2.75, 3.05) is 6.61 Å². The van der Waals surface area contributed by atoms with Gasteiger partial charge in [0.25, 0.3) is 8.32 Å². The van der Waals surface area contributed by atoms with Crippen LogP contribution < -0.4 is 21.0 Å². The number of hydrogen-bond acceptors (Lipinski definition) is 3.